The molecule has 0 aliphatic heterocycles. The van der Waals surface area contributed by atoms with E-state index in [-0.39, 0.29) is 12.7 Å². The number of esters is 2. The maximum absolute atomic E-state index is 11.9. The van der Waals surface area contributed by atoms with Crippen molar-refractivity contribution in [1.29, 1.82) is 0 Å². The molecule has 1 aliphatic rings. The van der Waals surface area contributed by atoms with E-state index in [0.717, 1.165) is 0 Å². The Balaban J connectivity index is 0.000000314. The van der Waals surface area contributed by atoms with Gasteiger partial charge in [-0.2, -0.15) is 0 Å². The van der Waals surface area contributed by atoms with Crippen LogP contribution in [0.5, 0.6) is 0 Å². The molecule has 1 fully saturated rings. The molecule has 0 heterocycles. The molecule has 5 heteroatoms. The zero-order valence-electron chi connectivity index (χ0n) is 16.9. The molecule has 1 aromatic carbocycles. The molecule has 5 nitrogen and oxygen atoms in total. The fraction of sp³-hybridized carbons (Fsp3) is 0.619. The van der Waals surface area contributed by atoms with Crippen molar-refractivity contribution in [3.05, 3.63) is 34.9 Å². The second-order valence-electron chi connectivity index (χ2n) is 6.91. The molecule has 1 aromatic rings. The molecular weight excluding hydrogens is 332 g/mol. The zero-order valence-corrected chi connectivity index (χ0v) is 16.9. The summed E-state index contributed by atoms with van der Waals surface area (Å²) in [6, 6.07) is 6.56. The van der Waals surface area contributed by atoms with Gasteiger partial charge in [-0.1, -0.05) is 34.9 Å². The van der Waals surface area contributed by atoms with Crippen LogP contribution in [0.1, 0.15) is 56.2 Å². The van der Waals surface area contributed by atoms with Crippen molar-refractivity contribution in [3.63, 3.8) is 0 Å². The Hall–Kier alpha value is -1.88. The Morgan fingerprint density at radius 1 is 1.04 bits per heavy atom. The van der Waals surface area contributed by atoms with E-state index in [1.807, 2.05) is 0 Å². The van der Waals surface area contributed by atoms with Crippen molar-refractivity contribution >= 4 is 11.9 Å². The molecule has 0 saturated heterocycles. The molecule has 0 spiro atoms. The van der Waals surface area contributed by atoms with Gasteiger partial charge in [-0.15, -0.1) is 0 Å². The summed E-state index contributed by atoms with van der Waals surface area (Å²) < 4.78 is 15.5. The van der Waals surface area contributed by atoms with Crippen molar-refractivity contribution < 1.29 is 23.8 Å². The summed E-state index contributed by atoms with van der Waals surface area (Å²) in [6.07, 6.45) is 2.45. The Bertz CT molecular complexity index is 550. The lowest BCUT2D eigenvalue weighted by Gasteiger charge is -2.36. The van der Waals surface area contributed by atoms with Gasteiger partial charge in [0.15, 0.2) is 0 Å². The van der Waals surface area contributed by atoms with Crippen molar-refractivity contribution in [1.82, 2.24) is 0 Å². The SMILES string of the molecule is CCOC(=O)C1(OC(C)=O)CCC(OC)CC1.Cc1cc(C)cc(C)c1. The number of benzene rings is 1. The van der Waals surface area contributed by atoms with Crippen molar-refractivity contribution in [2.75, 3.05) is 13.7 Å². The van der Waals surface area contributed by atoms with Gasteiger partial charge in [0.2, 0.25) is 5.60 Å². The maximum atomic E-state index is 11.9. The van der Waals surface area contributed by atoms with Gasteiger partial charge in [-0.25, -0.2) is 4.79 Å². The van der Waals surface area contributed by atoms with Crippen molar-refractivity contribution in [2.45, 2.75) is 72.0 Å². The predicted molar refractivity (Wildman–Crippen MR) is 101 cm³/mol. The van der Waals surface area contributed by atoms with Gasteiger partial charge in [-0.05, 0) is 40.5 Å². The number of aryl methyl sites for hydroxylation is 3. The molecular formula is C21H32O5. The standard InChI is InChI=1S/C12H20O5.C9H12/c1-4-16-11(14)12(17-9(2)13)7-5-10(15-3)6-8-12;1-7-4-8(2)6-9(3)5-7/h10H,4-8H2,1-3H3;4-6H,1-3H3. The van der Waals surface area contributed by atoms with Gasteiger partial charge in [0, 0.05) is 26.9 Å². The third-order valence-corrected chi connectivity index (χ3v) is 4.43. The van der Waals surface area contributed by atoms with Gasteiger partial charge >= 0.3 is 11.9 Å². The van der Waals surface area contributed by atoms with Gasteiger partial charge < -0.3 is 14.2 Å². The molecule has 0 atom stereocenters. The third kappa shape index (κ3) is 6.79. The molecule has 26 heavy (non-hydrogen) atoms. The number of methoxy groups -OCH3 is 1. The first kappa shape index (κ1) is 22.2. The smallest absolute Gasteiger partial charge is 0.350 e. The van der Waals surface area contributed by atoms with Gasteiger partial charge in [0.1, 0.15) is 0 Å². The maximum Gasteiger partial charge on any atom is 0.350 e. The average Bonchev–Trinajstić information content (AvgIpc) is 2.54. The lowest BCUT2D eigenvalue weighted by atomic mass is 9.83. The molecule has 2 rings (SSSR count). The number of ether oxygens (including phenoxy) is 3. The third-order valence-electron chi connectivity index (χ3n) is 4.43. The highest BCUT2D eigenvalue weighted by molar-refractivity contribution is 5.83. The fourth-order valence-electron chi connectivity index (χ4n) is 3.38. The number of carbonyl (C=O) groups is 2. The molecule has 0 aromatic heterocycles. The molecule has 0 bridgehead atoms. The Morgan fingerprint density at radius 3 is 1.85 bits per heavy atom. The van der Waals surface area contributed by atoms with Gasteiger partial charge in [0.25, 0.3) is 0 Å². The molecule has 146 valence electrons. The summed E-state index contributed by atoms with van der Waals surface area (Å²) in [5, 5.41) is 0. The molecule has 0 radical (unpaired) electrons. The van der Waals surface area contributed by atoms with E-state index < -0.39 is 17.5 Å². The second kappa shape index (κ2) is 10.3. The second-order valence-corrected chi connectivity index (χ2v) is 6.91. The van der Waals surface area contributed by atoms with E-state index >= 15 is 0 Å². The minimum atomic E-state index is -1.10. The van der Waals surface area contributed by atoms with E-state index in [9.17, 15) is 9.59 Å². The highest BCUT2D eigenvalue weighted by atomic mass is 16.6. The first-order valence-electron chi connectivity index (χ1n) is 9.17. The monoisotopic (exact) mass is 364 g/mol. The Morgan fingerprint density at radius 2 is 1.50 bits per heavy atom. The largest absolute Gasteiger partial charge is 0.463 e. The summed E-state index contributed by atoms with van der Waals surface area (Å²) in [4.78, 5) is 23.0. The van der Waals surface area contributed by atoms with Gasteiger partial charge in [-0.3, -0.25) is 4.79 Å². The summed E-state index contributed by atoms with van der Waals surface area (Å²) >= 11 is 0. The highest BCUT2D eigenvalue weighted by Gasteiger charge is 2.46. The number of rotatable bonds is 4. The van der Waals surface area contributed by atoms with Crippen LogP contribution < -0.4 is 0 Å². The van der Waals surface area contributed by atoms with Crippen LogP contribution in [-0.2, 0) is 23.8 Å². The fourth-order valence-corrected chi connectivity index (χ4v) is 3.38. The normalized spacial score (nSPS) is 22.0. The zero-order chi connectivity index (χ0) is 19.7. The van der Waals surface area contributed by atoms with E-state index in [0.29, 0.717) is 25.7 Å². The van der Waals surface area contributed by atoms with Crippen LogP contribution in [-0.4, -0.2) is 37.4 Å². The first-order valence-corrected chi connectivity index (χ1v) is 9.17. The first-order chi connectivity index (χ1) is 12.2. The predicted octanol–water partition coefficient (Wildman–Crippen LogP) is 4.05. The lowest BCUT2D eigenvalue weighted by Crippen LogP contribution is -2.48. The van der Waals surface area contributed by atoms with Crippen LogP contribution in [0.4, 0.5) is 0 Å². The molecule has 1 saturated carbocycles. The topological polar surface area (TPSA) is 61.8 Å². The Kier molecular flexibility index (Phi) is 8.79. The summed E-state index contributed by atoms with van der Waals surface area (Å²) in [6.45, 7) is 9.71. The van der Waals surface area contributed by atoms with Crippen molar-refractivity contribution in [2.24, 2.45) is 0 Å². The van der Waals surface area contributed by atoms with Gasteiger partial charge in [0.05, 0.1) is 12.7 Å². The molecule has 0 amide bonds. The minimum absolute atomic E-state index is 0.133. The number of hydrogen-bond acceptors (Lipinski definition) is 5. The van der Waals surface area contributed by atoms with Crippen LogP contribution >= 0.6 is 0 Å². The van der Waals surface area contributed by atoms with E-state index in [4.69, 9.17) is 14.2 Å². The summed E-state index contributed by atoms with van der Waals surface area (Å²) in [5.74, 6) is -0.890. The van der Waals surface area contributed by atoms with E-state index in [2.05, 4.69) is 39.0 Å². The molecule has 0 N–H and O–H groups in total. The summed E-state index contributed by atoms with van der Waals surface area (Å²) in [7, 11) is 1.65. The van der Waals surface area contributed by atoms with Crippen LogP contribution in [0.2, 0.25) is 0 Å². The number of carbonyl (C=O) groups excluding carboxylic acids is 2. The van der Waals surface area contributed by atoms with Crippen LogP contribution in [0, 0.1) is 20.8 Å². The quantitative estimate of drug-likeness (QED) is 0.754. The van der Waals surface area contributed by atoms with Crippen molar-refractivity contribution in [3.8, 4) is 0 Å². The Labute approximate surface area is 157 Å². The van der Waals surface area contributed by atoms with Crippen LogP contribution in [0.15, 0.2) is 18.2 Å². The average molecular weight is 364 g/mol. The van der Waals surface area contributed by atoms with Crippen LogP contribution in [0.25, 0.3) is 0 Å². The van der Waals surface area contributed by atoms with E-state index in [1.54, 1.807) is 14.0 Å². The lowest BCUT2D eigenvalue weighted by molar-refractivity contribution is -0.188. The van der Waals surface area contributed by atoms with Crippen LogP contribution in [0.3, 0.4) is 0 Å². The molecule has 1 aliphatic carbocycles. The minimum Gasteiger partial charge on any atom is -0.463 e. The number of hydrogen-bond donors (Lipinski definition) is 0. The summed E-state index contributed by atoms with van der Waals surface area (Å²) in [5.41, 5.74) is 2.96. The van der Waals surface area contributed by atoms with E-state index in [1.165, 1.54) is 23.6 Å². The highest BCUT2D eigenvalue weighted by Crippen LogP contribution is 2.34. The molecule has 0 unspecified atom stereocenters.